The van der Waals surface area contributed by atoms with Gasteiger partial charge in [-0.1, -0.05) is 58.3 Å². The molecule has 178 valence electrons. The third kappa shape index (κ3) is 6.63. The van der Waals surface area contributed by atoms with E-state index in [-0.39, 0.29) is 29.6 Å². The maximum absolute atomic E-state index is 12.3. The van der Waals surface area contributed by atoms with Gasteiger partial charge in [-0.05, 0) is 66.7 Å². The summed E-state index contributed by atoms with van der Waals surface area (Å²) in [5, 5.41) is 15.3. The summed E-state index contributed by atoms with van der Waals surface area (Å²) in [6.07, 6.45) is 1.81. The number of cyclic esters (lactones) is 1. The fraction of sp³-hybridized carbons (Fsp3) is 0.720. The molecule has 7 nitrogen and oxygen atoms in total. The molecule has 0 amide bonds. The van der Waals surface area contributed by atoms with Gasteiger partial charge in [-0.2, -0.15) is 0 Å². The standard InChI is InChI=1S/C25H39N3O4/c1-7-8-11-31-22-12-18(10-9-17(22)6)24(29)19(15(2)3)13-21(27-28-26)23-14-20(16(4)5)25(30)32-23/h9-10,12,15-16,19-21,23-24,29H,7-8,11,13-14H2,1-6H3/t19-,20-,21-,23-,24?/m0/s1. The summed E-state index contributed by atoms with van der Waals surface area (Å²) >= 11 is 0. The van der Waals surface area contributed by atoms with Crippen molar-refractivity contribution in [3.63, 3.8) is 0 Å². The van der Waals surface area contributed by atoms with Crippen LogP contribution in [0.1, 0.15) is 77.5 Å². The lowest BCUT2D eigenvalue weighted by atomic mass is 9.80. The van der Waals surface area contributed by atoms with E-state index in [9.17, 15) is 9.90 Å². The summed E-state index contributed by atoms with van der Waals surface area (Å²) in [6, 6.07) is 5.29. The Kier molecular flexibility index (Phi) is 9.85. The molecule has 1 aliphatic rings. The van der Waals surface area contributed by atoms with Gasteiger partial charge in [-0.25, -0.2) is 0 Å². The largest absolute Gasteiger partial charge is 0.493 e. The number of aliphatic hydroxyl groups is 1. The summed E-state index contributed by atoms with van der Waals surface area (Å²) < 4.78 is 11.5. The van der Waals surface area contributed by atoms with E-state index < -0.39 is 18.2 Å². The van der Waals surface area contributed by atoms with Crippen molar-refractivity contribution in [2.45, 2.75) is 85.5 Å². The predicted molar refractivity (Wildman–Crippen MR) is 125 cm³/mol. The molecule has 2 rings (SSSR count). The Morgan fingerprint density at radius 2 is 2.03 bits per heavy atom. The second-order valence-corrected chi connectivity index (χ2v) is 9.65. The van der Waals surface area contributed by atoms with Gasteiger partial charge in [0.1, 0.15) is 11.9 Å². The zero-order valence-electron chi connectivity index (χ0n) is 20.3. The first-order chi connectivity index (χ1) is 15.2. The lowest BCUT2D eigenvalue weighted by molar-refractivity contribution is -0.146. The first-order valence-electron chi connectivity index (χ1n) is 11.9. The van der Waals surface area contributed by atoms with Gasteiger partial charge in [-0.15, -0.1) is 0 Å². The summed E-state index contributed by atoms with van der Waals surface area (Å²) in [6.45, 7) is 12.8. The fourth-order valence-electron chi connectivity index (χ4n) is 4.33. The van der Waals surface area contributed by atoms with E-state index in [4.69, 9.17) is 15.0 Å². The van der Waals surface area contributed by atoms with E-state index in [0.29, 0.717) is 19.4 Å². The average Bonchev–Trinajstić information content (AvgIpc) is 3.13. The normalized spacial score (nSPS) is 21.2. The molecule has 7 heteroatoms. The van der Waals surface area contributed by atoms with E-state index >= 15 is 0 Å². The lowest BCUT2D eigenvalue weighted by Gasteiger charge is -2.31. The molecule has 1 aliphatic heterocycles. The SMILES string of the molecule is CCCCOc1cc(C(O)[C@@H](C[C@H](N=[N+]=[N-])[C@@H]2C[C@@H](C(C)C)C(=O)O2)C(C)C)ccc1C. The Bertz CT molecular complexity index is 804. The zero-order chi connectivity index (χ0) is 23.8. The first-order valence-corrected chi connectivity index (χ1v) is 11.9. The number of benzene rings is 1. The maximum atomic E-state index is 12.3. The number of hydrogen-bond donors (Lipinski definition) is 1. The van der Waals surface area contributed by atoms with Crippen LogP contribution in [0, 0.1) is 30.6 Å². The lowest BCUT2D eigenvalue weighted by Crippen LogP contribution is -2.31. The van der Waals surface area contributed by atoms with Crippen LogP contribution in [0.3, 0.4) is 0 Å². The highest BCUT2D eigenvalue weighted by atomic mass is 16.6. The van der Waals surface area contributed by atoms with Crippen LogP contribution in [-0.2, 0) is 9.53 Å². The molecule has 0 saturated carbocycles. The monoisotopic (exact) mass is 445 g/mol. The molecule has 1 saturated heterocycles. The number of hydrogen-bond acceptors (Lipinski definition) is 5. The average molecular weight is 446 g/mol. The summed E-state index contributed by atoms with van der Waals surface area (Å²) in [7, 11) is 0. The highest BCUT2D eigenvalue weighted by Gasteiger charge is 2.41. The van der Waals surface area contributed by atoms with Gasteiger partial charge in [0.25, 0.3) is 0 Å². The van der Waals surface area contributed by atoms with Gasteiger partial charge in [0.15, 0.2) is 0 Å². The summed E-state index contributed by atoms with van der Waals surface area (Å²) in [4.78, 5) is 15.3. The summed E-state index contributed by atoms with van der Waals surface area (Å²) in [5.74, 6) is 0.507. The number of nitrogens with zero attached hydrogens (tertiary/aromatic N) is 3. The highest BCUT2D eigenvalue weighted by molar-refractivity contribution is 5.75. The molecule has 0 aliphatic carbocycles. The molecule has 1 N–H and O–H groups in total. The highest BCUT2D eigenvalue weighted by Crippen LogP contribution is 2.38. The van der Waals surface area contributed by atoms with E-state index in [1.54, 1.807) is 0 Å². The van der Waals surface area contributed by atoms with Crippen LogP contribution in [0.15, 0.2) is 23.3 Å². The van der Waals surface area contributed by atoms with Crippen molar-refractivity contribution in [2.75, 3.05) is 6.61 Å². The number of azide groups is 1. The Balaban J connectivity index is 2.22. The molecule has 0 aromatic heterocycles. The van der Waals surface area contributed by atoms with Gasteiger partial charge in [0.05, 0.1) is 24.7 Å². The Labute approximate surface area is 192 Å². The van der Waals surface area contributed by atoms with Crippen molar-refractivity contribution >= 4 is 5.97 Å². The van der Waals surface area contributed by atoms with Gasteiger partial charge in [0.2, 0.25) is 0 Å². The van der Waals surface area contributed by atoms with Crippen molar-refractivity contribution in [2.24, 2.45) is 28.8 Å². The third-order valence-corrected chi connectivity index (χ3v) is 6.58. The minimum absolute atomic E-state index is 0.130. The van der Waals surface area contributed by atoms with Crippen LogP contribution < -0.4 is 4.74 Å². The maximum Gasteiger partial charge on any atom is 0.309 e. The van der Waals surface area contributed by atoms with Crippen LogP contribution >= 0.6 is 0 Å². The number of unbranched alkanes of at least 4 members (excludes halogenated alkanes) is 1. The number of carbonyl (C=O) groups excluding carboxylic acids is 1. The number of carbonyl (C=O) groups is 1. The van der Waals surface area contributed by atoms with E-state index in [2.05, 4.69) is 16.9 Å². The number of esters is 1. The molecule has 1 aromatic rings. The van der Waals surface area contributed by atoms with Crippen LogP contribution in [-0.4, -0.2) is 29.8 Å². The molecule has 1 fully saturated rings. The molecule has 32 heavy (non-hydrogen) atoms. The first kappa shape index (κ1) is 26.0. The Hall–Kier alpha value is -2.24. The third-order valence-electron chi connectivity index (χ3n) is 6.58. The van der Waals surface area contributed by atoms with E-state index in [1.807, 2.05) is 52.8 Å². The molecule has 0 spiro atoms. The molecule has 1 heterocycles. The van der Waals surface area contributed by atoms with Gasteiger partial charge in [-0.3, -0.25) is 4.79 Å². The van der Waals surface area contributed by atoms with Crippen molar-refractivity contribution in [1.82, 2.24) is 0 Å². The van der Waals surface area contributed by atoms with Crippen molar-refractivity contribution < 1.29 is 19.4 Å². The van der Waals surface area contributed by atoms with E-state index in [0.717, 1.165) is 29.7 Å². The second kappa shape index (κ2) is 12.1. The molecule has 5 atom stereocenters. The Morgan fingerprint density at radius 3 is 2.59 bits per heavy atom. The topological polar surface area (TPSA) is 105 Å². The minimum atomic E-state index is -0.751. The Morgan fingerprint density at radius 1 is 1.31 bits per heavy atom. The van der Waals surface area contributed by atoms with Crippen LogP contribution in [0.5, 0.6) is 5.75 Å². The quantitative estimate of drug-likeness (QED) is 0.137. The van der Waals surface area contributed by atoms with Crippen molar-refractivity contribution in [3.05, 3.63) is 39.8 Å². The molecule has 1 aromatic carbocycles. The number of rotatable bonds is 12. The summed E-state index contributed by atoms with van der Waals surface area (Å²) in [5.41, 5.74) is 11.0. The number of ether oxygens (including phenoxy) is 2. The van der Waals surface area contributed by atoms with Gasteiger partial charge in [0, 0.05) is 4.91 Å². The smallest absolute Gasteiger partial charge is 0.309 e. The number of aryl methyl sites for hydroxylation is 1. The van der Waals surface area contributed by atoms with Gasteiger partial charge >= 0.3 is 5.97 Å². The van der Waals surface area contributed by atoms with Crippen LogP contribution in [0.2, 0.25) is 0 Å². The second-order valence-electron chi connectivity index (χ2n) is 9.65. The molecule has 0 bridgehead atoms. The molecular formula is C25H39N3O4. The van der Waals surface area contributed by atoms with Crippen LogP contribution in [0.4, 0.5) is 0 Å². The zero-order valence-corrected chi connectivity index (χ0v) is 20.3. The molecular weight excluding hydrogens is 406 g/mol. The van der Waals surface area contributed by atoms with Gasteiger partial charge < -0.3 is 14.6 Å². The molecule has 0 radical (unpaired) electrons. The van der Waals surface area contributed by atoms with E-state index in [1.165, 1.54) is 0 Å². The number of aliphatic hydroxyl groups excluding tert-OH is 1. The van der Waals surface area contributed by atoms with Crippen molar-refractivity contribution in [1.29, 1.82) is 0 Å². The van der Waals surface area contributed by atoms with Crippen LogP contribution in [0.25, 0.3) is 10.4 Å². The molecule has 1 unspecified atom stereocenters. The minimum Gasteiger partial charge on any atom is -0.493 e. The van der Waals surface area contributed by atoms with Crippen molar-refractivity contribution in [3.8, 4) is 5.75 Å². The fourth-order valence-corrected chi connectivity index (χ4v) is 4.33. The predicted octanol–water partition coefficient (Wildman–Crippen LogP) is 6.14.